The molecule has 0 N–H and O–H groups in total. The average Bonchev–Trinajstić information content (AvgIpc) is 2.63. The Balaban J connectivity index is 1.98. The molecule has 3 nitrogen and oxygen atoms in total. The van der Waals surface area contributed by atoms with Crippen LogP contribution < -0.4 is 4.90 Å². The van der Waals surface area contributed by atoms with Crippen molar-refractivity contribution in [3.63, 3.8) is 0 Å². The molecule has 0 aromatic heterocycles. The number of anilines is 1. The number of halogens is 1. The van der Waals surface area contributed by atoms with Gasteiger partial charge in [-0.1, -0.05) is 33.1 Å². The predicted octanol–water partition coefficient (Wildman–Crippen LogP) is 3.68. The van der Waals surface area contributed by atoms with Crippen LogP contribution in [-0.4, -0.2) is 11.8 Å². The standard InChI is InChI=1S/C16H16BrNO2/c1-9-6-13-14(7-10(9)2)16(20)18(15(13)19)12-5-3-4-11(17)8-12/h3-5,8,13-14H,6-7H2,1-2H3. The molecule has 0 bridgehead atoms. The molecule has 1 aromatic carbocycles. The monoisotopic (exact) mass is 333 g/mol. The summed E-state index contributed by atoms with van der Waals surface area (Å²) >= 11 is 3.39. The second-order valence-electron chi connectivity index (χ2n) is 5.67. The van der Waals surface area contributed by atoms with Crippen LogP contribution in [-0.2, 0) is 9.59 Å². The van der Waals surface area contributed by atoms with E-state index in [-0.39, 0.29) is 23.7 Å². The van der Waals surface area contributed by atoms with Gasteiger partial charge in [-0.15, -0.1) is 0 Å². The van der Waals surface area contributed by atoms with Gasteiger partial charge in [0.1, 0.15) is 0 Å². The Bertz CT molecular complexity index is 603. The van der Waals surface area contributed by atoms with Crippen LogP contribution in [0.4, 0.5) is 5.69 Å². The van der Waals surface area contributed by atoms with Gasteiger partial charge in [-0.05, 0) is 44.9 Å². The maximum atomic E-state index is 12.6. The number of fused-ring (bicyclic) bond motifs is 1. The van der Waals surface area contributed by atoms with Crippen LogP contribution in [0, 0.1) is 11.8 Å². The zero-order valence-corrected chi connectivity index (χ0v) is 13.1. The van der Waals surface area contributed by atoms with Gasteiger partial charge in [-0.25, -0.2) is 4.90 Å². The molecule has 1 saturated heterocycles. The largest absolute Gasteiger partial charge is 0.274 e. The van der Waals surface area contributed by atoms with E-state index in [0.29, 0.717) is 18.5 Å². The highest BCUT2D eigenvalue weighted by atomic mass is 79.9. The molecule has 1 fully saturated rings. The van der Waals surface area contributed by atoms with E-state index in [2.05, 4.69) is 29.8 Å². The number of benzene rings is 1. The SMILES string of the molecule is CC1=C(C)CC2C(=O)N(c3cccc(Br)c3)C(=O)C2C1. The molecule has 2 unspecified atom stereocenters. The third-order valence-electron chi connectivity index (χ3n) is 4.41. The number of carbonyl (C=O) groups excluding carboxylic acids is 2. The first-order chi connectivity index (χ1) is 9.49. The van der Waals surface area contributed by atoms with E-state index in [4.69, 9.17) is 0 Å². The van der Waals surface area contributed by atoms with Gasteiger partial charge in [0.2, 0.25) is 11.8 Å². The van der Waals surface area contributed by atoms with Gasteiger partial charge in [0, 0.05) is 4.47 Å². The van der Waals surface area contributed by atoms with E-state index >= 15 is 0 Å². The molecule has 1 aliphatic heterocycles. The Morgan fingerprint density at radius 2 is 1.60 bits per heavy atom. The highest BCUT2D eigenvalue weighted by molar-refractivity contribution is 9.10. The summed E-state index contributed by atoms with van der Waals surface area (Å²) in [7, 11) is 0. The first-order valence-electron chi connectivity index (χ1n) is 6.77. The van der Waals surface area contributed by atoms with E-state index in [1.165, 1.54) is 16.0 Å². The van der Waals surface area contributed by atoms with Crippen LogP contribution >= 0.6 is 15.9 Å². The van der Waals surface area contributed by atoms with Crippen molar-refractivity contribution in [2.75, 3.05) is 4.90 Å². The summed E-state index contributed by atoms with van der Waals surface area (Å²) in [4.78, 5) is 26.5. The second-order valence-corrected chi connectivity index (χ2v) is 6.59. The van der Waals surface area contributed by atoms with E-state index in [9.17, 15) is 9.59 Å². The number of allylic oxidation sites excluding steroid dienone is 2. The Morgan fingerprint density at radius 1 is 1.05 bits per heavy atom. The Hall–Kier alpha value is -1.42. The molecule has 0 spiro atoms. The molecule has 1 aromatic rings. The molecule has 20 heavy (non-hydrogen) atoms. The van der Waals surface area contributed by atoms with Crippen LogP contribution in [0.5, 0.6) is 0 Å². The lowest BCUT2D eigenvalue weighted by atomic mass is 9.78. The Labute approximate surface area is 126 Å². The smallest absolute Gasteiger partial charge is 0.238 e. The van der Waals surface area contributed by atoms with E-state index < -0.39 is 0 Å². The zero-order chi connectivity index (χ0) is 14.4. The van der Waals surface area contributed by atoms with Crippen LogP contribution in [0.25, 0.3) is 0 Å². The van der Waals surface area contributed by atoms with Gasteiger partial charge in [-0.3, -0.25) is 9.59 Å². The molecule has 0 saturated carbocycles. The van der Waals surface area contributed by atoms with Crippen LogP contribution in [0.2, 0.25) is 0 Å². The number of nitrogens with zero attached hydrogens (tertiary/aromatic N) is 1. The van der Waals surface area contributed by atoms with Gasteiger partial charge < -0.3 is 0 Å². The quantitative estimate of drug-likeness (QED) is 0.580. The number of rotatable bonds is 1. The number of imide groups is 1. The van der Waals surface area contributed by atoms with Gasteiger partial charge in [0.05, 0.1) is 17.5 Å². The highest BCUT2D eigenvalue weighted by Crippen LogP contribution is 2.42. The van der Waals surface area contributed by atoms with Crippen molar-refractivity contribution in [3.8, 4) is 0 Å². The van der Waals surface area contributed by atoms with Crippen molar-refractivity contribution in [1.29, 1.82) is 0 Å². The number of hydrogen-bond donors (Lipinski definition) is 0. The molecule has 2 aliphatic rings. The minimum absolute atomic E-state index is 0.0510. The lowest BCUT2D eigenvalue weighted by Gasteiger charge is -2.23. The molecular formula is C16H16BrNO2. The second kappa shape index (κ2) is 4.85. The highest BCUT2D eigenvalue weighted by Gasteiger charge is 2.49. The van der Waals surface area contributed by atoms with Gasteiger partial charge in [0.15, 0.2) is 0 Å². The predicted molar refractivity (Wildman–Crippen MR) is 81.2 cm³/mol. The van der Waals surface area contributed by atoms with E-state index in [0.717, 1.165) is 4.47 Å². The van der Waals surface area contributed by atoms with Crippen molar-refractivity contribution in [1.82, 2.24) is 0 Å². The molecule has 2 atom stereocenters. The molecule has 4 heteroatoms. The van der Waals surface area contributed by atoms with Crippen molar-refractivity contribution >= 4 is 33.4 Å². The summed E-state index contributed by atoms with van der Waals surface area (Å²) in [6.07, 6.45) is 1.43. The number of amides is 2. The third kappa shape index (κ3) is 2.03. The Kier molecular flexibility index (Phi) is 3.28. The van der Waals surface area contributed by atoms with Gasteiger partial charge in [0.25, 0.3) is 0 Å². The first kappa shape index (κ1) is 13.6. The molecule has 2 amide bonds. The topological polar surface area (TPSA) is 37.4 Å². The summed E-state index contributed by atoms with van der Waals surface area (Å²) in [6.45, 7) is 4.12. The van der Waals surface area contributed by atoms with Gasteiger partial charge >= 0.3 is 0 Å². The summed E-state index contributed by atoms with van der Waals surface area (Å²) in [5, 5.41) is 0. The Morgan fingerprint density at radius 3 is 2.10 bits per heavy atom. The first-order valence-corrected chi connectivity index (χ1v) is 7.57. The lowest BCUT2D eigenvalue weighted by Crippen LogP contribution is -2.30. The van der Waals surface area contributed by atoms with Crippen molar-refractivity contribution in [2.24, 2.45) is 11.8 Å². The molecular weight excluding hydrogens is 318 g/mol. The summed E-state index contributed by atoms with van der Waals surface area (Å²) in [6, 6.07) is 7.36. The normalized spacial score (nSPS) is 26.2. The number of hydrogen-bond acceptors (Lipinski definition) is 2. The molecule has 1 heterocycles. The van der Waals surface area contributed by atoms with Crippen molar-refractivity contribution in [2.45, 2.75) is 26.7 Å². The van der Waals surface area contributed by atoms with Crippen molar-refractivity contribution in [3.05, 3.63) is 39.9 Å². The van der Waals surface area contributed by atoms with Crippen LogP contribution in [0.3, 0.4) is 0 Å². The van der Waals surface area contributed by atoms with Gasteiger partial charge in [-0.2, -0.15) is 0 Å². The van der Waals surface area contributed by atoms with Crippen LogP contribution in [0.1, 0.15) is 26.7 Å². The lowest BCUT2D eigenvalue weighted by molar-refractivity contribution is -0.122. The summed E-state index contributed by atoms with van der Waals surface area (Å²) in [5.74, 6) is -0.453. The van der Waals surface area contributed by atoms with E-state index in [1.54, 1.807) is 0 Å². The fourth-order valence-electron chi connectivity index (χ4n) is 3.12. The maximum Gasteiger partial charge on any atom is 0.238 e. The molecule has 1 aliphatic carbocycles. The average molecular weight is 334 g/mol. The third-order valence-corrected chi connectivity index (χ3v) is 4.90. The number of carbonyl (C=O) groups is 2. The summed E-state index contributed by atoms with van der Waals surface area (Å²) in [5.41, 5.74) is 3.17. The molecule has 0 radical (unpaired) electrons. The zero-order valence-electron chi connectivity index (χ0n) is 11.5. The maximum absolute atomic E-state index is 12.6. The molecule has 104 valence electrons. The van der Waals surface area contributed by atoms with E-state index in [1.807, 2.05) is 24.3 Å². The fourth-order valence-corrected chi connectivity index (χ4v) is 3.51. The van der Waals surface area contributed by atoms with Crippen molar-refractivity contribution < 1.29 is 9.59 Å². The summed E-state index contributed by atoms with van der Waals surface area (Å²) < 4.78 is 0.871. The minimum atomic E-state index is -0.176. The van der Waals surface area contributed by atoms with Crippen LogP contribution in [0.15, 0.2) is 39.9 Å². The molecule has 3 rings (SSSR count). The fraction of sp³-hybridized carbons (Fsp3) is 0.375. The minimum Gasteiger partial charge on any atom is -0.274 e.